The van der Waals surface area contributed by atoms with Gasteiger partial charge in [0.15, 0.2) is 0 Å². The van der Waals surface area contributed by atoms with E-state index in [4.69, 9.17) is 30.4 Å². The predicted molar refractivity (Wildman–Crippen MR) is 211 cm³/mol. The summed E-state index contributed by atoms with van der Waals surface area (Å²) in [5.74, 6) is -0.842. The number of alkyl halides is 3. The second-order valence-electron chi connectivity index (χ2n) is 12.8. The van der Waals surface area contributed by atoms with Crippen molar-refractivity contribution in [3.05, 3.63) is 143 Å². The van der Waals surface area contributed by atoms with Crippen LogP contribution >= 0.6 is 0 Å². The predicted octanol–water partition coefficient (Wildman–Crippen LogP) is 5.14. The minimum Gasteiger partial charge on any atom is -0.455 e. The lowest BCUT2D eigenvalue weighted by molar-refractivity contribution is -0.137. The van der Waals surface area contributed by atoms with Gasteiger partial charge < -0.3 is 40.6 Å². The minimum atomic E-state index is -4.31. The van der Waals surface area contributed by atoms with Gasteiger partial charge in [0, 0.05) is 37.3 Å². The molecule has 4 aliphatic heterocycles. The van der Waals surface area contributed by atoms with Gasteiger partial charge in [0.05, 0.1) is 12.1 Å². The molecular weight excluding hydrogens is 773 g/mol. The largest absolute Gasteiger partial charge is 0.455 e. The molecule has 4 aliphatic rings. The zero-order valence-electron chi connectivity index (χ0n) is 32.1. The first-order chi connectivity index (χ1) is 28.2. The molecular formula is C41H41F3N8O7. The smallest absolute Gasteiger partial charge is 0.416 e. The Morgan fingerprint density at radius 1 is 0.627 bits per heavy atom. The van der Waals surface area contributed by atoms with E-state index < -0.39 is 30.1 Å². The van der Waals surface area contributed by atoms with E-state index >= 15 is 0 Å². The lowest BCUT2D eigenvalue weighted by Gasteiger charge is -2.14. The van der Waals surface area contributed by atoms with Crippen LogP contribution in [0.2, 0.25) is 0 Å². The summed E-state index contributed by atoms with van der Waals surface area (Å²) in [5.41, 5.74) is 13.0. The lowest BCUT2D eigenvalue weighted by atomic mass is 10.1. The molecule has 5 N–H and O–H groups in total. The Hall–Kier alpha value is -7.24. The molecule has 4 aromatic rings. The lowest BCUT2D eigenvalue weighted by Crippen LogP contribution is -2.23. The minimum absolute atomic E-state index is 0.0566. The van der Waals surface area contributed by atoms with Crippen LogP contribution in [0.5, 0.6) is 0 Å². The van der Waals surface area contributed by atoms with Crippen LogP contribution in [0.3, 0.4) is 0 Å². The molecule has 0 bridgehead atoms. The summed E-state index contributed by atoms with van der Waals surface area (Å²) in [6, 6.07) is 33.4. The summed E-state index contributed by atoms with van der Waals surface area (Å²) in [5, 5.41) is 2.88. The molecule has 308 valence electrons. The fourth-order valence-corrected chi connectivity index (χ4v) is 5.45. The van der Waals surface area contributed by atoms with Crippen LogP contribution in [0, 0.1) is 0 Å². The summed E-state index contributed by atoms with van der Waals surface area (Å²) < 4.78 is 57.8. The molecule has 15 nitrogen and oxygen atoms in total. The average molecular weight is 815 g/mol. The number of nitrogens with two attached hydrogens (primary N) is 2. The molecule has 0 saturated heterocycles. The van der Waals surface area contributed by atoms with Gasteiger partial charge in [0.1, 0.15) is 6.10 Å². The van der Waals surface area contributed by atoms with Crippen LogP contribution in [0.15, 0.2) is 135 Å². The zero-order chi connectivity index (χ0) is 42.5. The molecule has 59 heavy (non-hydrogen) atoms. The first kappa shape index (κ1) is 42.9. The van der Waals surface area contributed by atoms with E-state index in [2.05, 4.69) is 25.3 Å². The Bertz CT molecular complexity index is 2190. The van der Waals surface area contributed by atoms with Gasteiger partial charge in [-0.15, -0.1) is 0 Å². The van der Waals surface area contributed by atoms with E-state index in [0.29, 0.717) is 30.7 Å². The number of benzene rings is 4. The van der Waals surface area contributed by atoms with Crippen molar-refractivity contribution in [2.75, 3.05) is 27.2 Å². The van der Waals surface area contributed by atoms with Crippen LogP contribution in [-0.2, 0) is 39.5 Å². The van der Waals surface area contributed by atoms with Gasteiger partial charge in [0.25, 0.3) is 41.8 Å². The van der Waals surface area contributed by atoms with Crippen LogP contribution in [0.1, 0.15) is 59.2 Å². The number of nitrogens with one attached hydrogen (secondary N) is 1. The topological polar surface area (TPSA) is 205 Å². The standard InChI is InChI=1S/2C11H12N2O2.C10H9F3N2O.C9H8N2O2/c1-13(2)11-12-10(14)9(15-11)8-6-4-3-5-7-8;1-2-12-11-13-10(14)9(15-11)8-6-4-3-5-7-8;11-10(12,13)7-3-1-6(2-4-7)8-5-15-9(14)16-8;10-9-11-8(12)7(13-9)6-4-2-1-3-5-6/h3-7,9H,1-2H3;3-7,9H,2H2,1H3,(H,12,13,14);1-4,8H,5H2,(H2,14,15);1-5,7H,(H2,10,11,12). The van der Waals surface area contributed by atoms with E-state index in [1.165, 1.54) is 12.1 Å². The average Bonchev–Trinajstić information content (AvgIpc) is 4.02. The maximum atomic E-state index is 12.3. The summed E-state index contributed by atoms with van der Waals surface area (Å²) in [4.78, 5) is 50.8. The number of amides is 3. The molecule has 0 radical (unpaired) electrons. The van der Waals surface area contributed by atoms with Gasteiger partial charge in [-0.2, -0.15) is 28.1 Å². The molecule has 4 unspecified atom stereocenters. The molecule has 0 spiro atoms. The number of hydrogen-bond acceptors (Lipinski definition) is 12. The van der Waals surface area contributed by atoms with Gasteiger partial charge in [-0.25, -0.2) is 4.99 Å². The highest BCUT2D eigenvalue weighted by Crippen LogP contribution is 2.31. The highest BCUT2D eigenvalue weighted by atomic mass is 19.4. The monoisotopic (exact) mass is 814 g/mol. The molecule has 0 aromatic heterocycles. The van der Waals surface area contributed by atoms with E-state index in [-0.39, 0.29) is 35.9 Å². The molecule has 4 atom stereocenters. The van der Waals surface area contributed by atoms with Crippen LogP contribution < -0.4 is 16.8 Å². The van der Waals surface area contributed by atoms with Gasteiger partial charge in [-0.3, -0.25) is 14.4 Å². The third kappa shape index (κ3) is 11.9. The Morgan fingerprint density at radius 2 is 1.10 bits per heavy atom. The molecule has 0 aliphatic carbocycles. The highest BCUT2D eigenvalue weighted by Gasteiger charge is 2.33. The van der Waals surface area contributed by atoms with Crippen molar-refractivity contribution in [2.24, 2.45) is 31.4 Å². The fourth-order valence-electron chi connectivity index (χ4n) is 5.45. The number of carbonyl (C=O) groups excluding carboxylic acids is 3. The van der Waals surface area contributed by atoms with E-state index in [1.807, 2.05) is 85.8 Å². The number of hydrogen-bond donors (Lipinski definition) is 3. The first-order valence-corrected chi connectivity index (χ1v) is 18.1. The van der Waals surface area contributed by atoms with Crippen LogP contribution in [0.4, 0.5) is 13.2 Å². The second kappa shape index (κ2) is 19.8. The fraction of sp³-hybridized carbons (Fsp3) is 0.244. The number of amidine groups is 4. The van der Waals surface area contributed by atoms with E-state index in [9.17, 15) is 27.6 Å². The number of carbonyl (C=O) groups is 3. The first-order valence-electron chi connectivity index (χ1n) is 18.1. The van der Waals surface area contributed by atoms with Gasteiger partial charge >= 0.3 is 6.18 Å². The Morgan fingerprint density at radius 3 is 1.51 bits per heavy atom. The summed E-state index contributed by atoms with van der Waals surface area (Å²) in [7, 11) is 3.58. The Kier molecular flexibility index (Phi) is 14.4. The molecule has 3 amide bonds. The van der Waals surface area contributed by atoms with Crippen molar-refractivity contribution in [1.82, 2.24) is 10.2 Å². The van der Waals surface area contributed by atoms with Crippen LogP contribution in [0.25, 0.3) is 0 Å². The second-order valence-corrected chi connectivity index (χ2v) is 12.8. The number of nitrogens with zero attached hydrogens (tertiary/aromatic N) is 5. The van der Waals surface area contributed by atoms with Crippen molar-refractivity contribution in [3.8, 4) is 0 Å². The maximum absolute atomic E-state index is 12.3. The summed E-state index contributed by atoms with van der Waals surface area (Å²) in [6.45, 7) is 2.96. The number of aliphatic imine (C=N–C) groups is 4. The molecule has 18 heteroatoms. The van der Waals surface area contributed by atoms with Gasteiger partial charge in [0.2, 0.25) is 18.3 Å². The highest BCUT2D eigenvalue weighted by molar-refractivity contribution is 6.00. The van der Waals surface area contributed by atoms with Crippen molar-refractivity contribution in [3.63, 3.8) is 0 Å². The third-order valence-corrected chi connectivity index (χ3v) is 8.31. The molecule has 0 saturated carbocycles. The quantitative estimate of drug-likeness (QED) is 0.241. The summed E-state index contributed by atoms with van der Waals surface area (Å²) >= 11 is 0. The van der Waals surface area contributed by atoms with Crippen molar-refractivity contribution in [2.45, 2.75) is 37.5 Å². The number of halogens is 3. The van der Waals surface area contributed by atoms with Crippen molar-refractivity contribution in [1.29, 1.82) is 0 Å². The van der Waals surface area contributed by atoms with Gasteiger partial charge in [-0.1, -0.05) is 103 Å². The maximum Gasteiger partial charge on any atom is 0.416 e. The summed E-state index contributed by atoms with van der Waals surface area (Å²) in [6.07, 6.45) is -6.50. The van der Waals surface area contributed by atoms with Crippen LogP contribution in [-0.4, -0.2) is 73.9 Å². The van der Waals surface area contributed by atoms with Crippen molar-refractivity contribution >= 4 is 41.8 Å². The normalized spacial score (nSPS) is 20.2. The number of ether oxygens (including phenoxy) is 4. The zero-order valence-corrected chi connectivity index (χ0v) is 32.1. The Balaban J connectivity index is 0.000000150. The van der Waals surface area contributed by atoms with E-state index in [1.54, 1.807) is 31.1 Å². The molecule has 8 rings (SSSR count). The third-order valence-electron chi connectivity index (χ3n) is 8.31. The Labute approximate surface area is 337 Å². The molecule has 4 aromatic carbocycles. The number of rotatable bonds is 5. The van der Waals surface area contributed by atoms with Crippen molar-refractivity contribution < 1.29 is 46.5 Å². The molecule has 0 fully saturated rings. The SMILES string of the molecule is CCNC1=NC(=O)C(c2ccccc2)O1.CN(C)C1=NC(=O)C(c2ccccc2)O1.NC1=NC(=O)C(c2ccccc2)O1.NC1=NCC(c2ccc(C(F)(F)F)cc2)O1. The van der Waals surface area contributed by atoms with E-state index in [0.717, 1.165) is 28.8 Å². The molecule has 4 heterocycles. The van der Waals surface area contributed by atoms with Gasteiger partial charge in [-0.05, 0) is 24.6 Å².